The zero-order chi connectivity index (χ0) is 46.5. The molecule has 3 N–H and O–H groups in total. The Morgan fingerprint density at radius 1 is 0.422 bits per heavy atom. The van der Waals surface area contributed by atoms with E-state index in [1.807, 2.05) is 6.08 Å². The molecule has 2 atom stereocenters. The number of rotatable bonds is 53. The van der Waals surface area contributed by atoms with Gasteiger partial charge in [-0.25, -0.2) is 0 Å². The Bertz CT molecular complexity index is 997. The van der Waals surface area contributed by atoms with Crippen molar-refractivity contribution in [3.05, 3.63) is 24.3 Å². The van der Waals surface area contributed by atoms with Crippen LogP contribution in [-0.2, 0) is 14.3 Å². The van der Waals surface area contributed by atoms with Gasteiger partial charge in [-0.05, 0) is 57.8 Å². The average Bonchev–Trinajstić information content (AvgIpc) is 3.29. The van der Waals surface area contributed by atoms with E-state index in [4.69, 9.17) is 4.74 Å². The van der Waals surface area contributed by atoms with E-state index in [1.165, 1.54) is 238 Å². The summed E-state index contributed by atoms with van der Waals surface area (Å²) in [6, 6.07) is -0.632. The van der Waals surface area contributed by atoms with Gasteiger partial charge < -0.3 is 20.3 Å². The van der Waals surface area contributed by atoms with Gasteiger partial charge in [0.15, 0.2) is 0 Å². The summed E-state index contributed by atoms with van der Waals surface area (Å²) in [6.07, 6.45) is 64.8. The van der Waals surface area contributed by atoms with Crippen molar-refractivity contribution in [2.75, 3.05) is 13.2 Å². The number of carbonyl (C=O) groups excluding carboxylic acids is 2. The van der Waals surface area contributed by atoms with E-state index in [9.17, 15) is 19.8 Å². The molecule has 378 valence electrons. The summed E-state index contributed by atoms with van der Waals surface area (Å²) in [5, 5.41) is 23.1. The summed E-state index contributed by atoms with van der Waals surface area (Å²) >= 11 is 0. The number of hydrogen-bond acceptors (Lipinski definition) is 5. The predicted molar refractivity (Wildman–Crippen MR) is 278 cm³/mol. The van der Waals surface area contributed by atoms with E-state index in [2.05, 4.69) is 31.3 Å². The minimum Gasteiger partial charge on any atom is -0.466 e. The van der Waals surface area contributed by atoms with Gasteiger partial charge >= 0.3 is 5.97 Å². The second kappa shape index (κ2) is 54.0. The van der Waals surface area contributed by atoms with Crippen molar-refractivity contribution in [3.8, 4) is 0 Å². The van der Waals surface area contributed by atoms with Crippen LogP contribution in [0.1, 0.15) is 309 Å². The van der Waals surface area contributed by atoms with Crippen molar-refractivity contribution in [2.24, 2.45) is 0 Å². The first-order valence-corrected chi connectivity index (χ1v) is 28.6. The molecule has 64 heavy (non-hydrogen) atoms. The van der Waals surface area contributed by atoms with Crippen molar-refractivity contribution in [2.45, 2.75) is 321 Å². The van der Waals surface area contributed by atoms with Gasteiger partial charge in [0.05, 0.1) is 25.4 Å². The Morgan fingerprint density at radius 2 is 0.734 bits per heavy atom. The molecule has 0 aliphatic rings. The highest BCUT2D eigenvalue weighted by Gasteiger charge is 2.18. The number of ether oxygens (including phenoxy) is 1. The minimum atomic E-state index is -0.847. The molecular formula is C58H111NO5. The highest BCUT2D eigenvalue weighted by molar-refractivity contribution is 5.76. The zero-order valence-corrected chi connectivity index (χ0v) is 43.0. The topological polar surface area (TPSA) is 95.9 Å². The number of nitrogens with one attached hydrogen (secondary N) is 1. The van der Waals surface area contributed by atoms with Crippen LogP contribution >= 0.6 is 0 Å². The van der Waals surface area contributed by atoms with E-state index < -0.39 is 12.1 Å². The second-order valence-corrected chi connectivity index (χ2v) is 19.6. The maximum absolute atomic E-state index is 12.4. The number of allylic oxidation sites excluding steroid dienone is 3. The molecule has 2 unspecified atom stereocenters. The van der Waals surface area contributed by atoms with E-state index in [0.29, 0.717) is 19.4 Å². The van der Waals surface area contributed by atoms with Crippen molar-refractivity contribution in [3.63, 3.8) is 0 Å². The lowest BCUT2D eigenvalue weighted by Crippen LogP contribution is -2.45. The highest BCUT2D eigenvalue weighted by Crippen LogP contribution is 2.16. The predicted octanol–water partition coefficient (Wildman–Crippen LogP) is 17.5. The quantitative estimate of drug-likeness (QED) is 0.0321. The fourth-order valence-electron chi connectivity index (χ4n) is 8.81. The minimum absolute atomic E-state index is 0.00900. The first kappa shape index (κ1) is 62.3. The Kier molecular flexibility index (Phi) is 52.6. The third kappa shape index (κ3) is 49.8. The molecule has 0 saturated heterocycles. The molecule has 0 rings (SSSR count). The number of carbonyl (C=O) groups is 2. The molecule has 6 heteroatoms. The van der Waals surface area contributed by atoms with Crippen LogP contribution in [0.15, 0.2) is 24.3 Å². The summed E-state index contributed by atoms with van der Waals surface area (Å²) in [6.45, 7) is 4.90. The molecule has 6 nitrogen and oxygen atoms in total. The molecule has 0 saturated carbocycles. The van der Waals surface area contributed by atoms with Crippen LogP contribution in [-0.4, -0.2) is 47.4 Å². The van der Waals surface area contributed by atoms with Crippen molar-refractivity contribution >= 4 is 11.9 Å². The van der Waals surface area contributed by atoms with Gasteiger partial charge in [-0.3, -0.25) is 9.59 Å². The maximum Gasteiger partial charge on any atom is 0.305 e. The lowest BCUT2D eigenvalue weighted by molar-refractivity contribution is -0.143. The highest BCUT2D eigenvalue weighted by atomic mass is 16.5. The van der Waals surface area contributed by atoms with E-state index >= 15 is 0 Å². The van der Waals surface area contributed by atoms with Gasteiger partial charge in [0.2, 0.25) is 5.91 Å². The molecule has 0 aliphatic carbocycles. The Hall–Kier alpha value is -1.66. The summed E-state index contributed by atoms with van der Waals surface area (Å²) < 4.78 is 5.46. The Balaban J connectivity index is 3.44. The molecular weight excluding hydrogens is 791 g/mol. The first-order valence-electron chi connectivity index (χ1n) is 28.6. The van der Waals surface area contributed by atoms with E-state index in [0.717, 1.165) is 44.9 Å². The first-order chi connectivity index (χ1) is 31.5. The number of aliphatic hydroxyl groups is 2. The molecule has 0 radical (unpaired) electrons. The van der Waals surface area contributed by atoms with E-state index in [1.54, 1.807) is 6.08 Å². The molecule has 0 fully saturated rings. The van der Waals surface area contributed by atoms with Crippen LogP contribution < -0.4 is 5.32 Å². The summed E-state index contributed by atoms with van der Waals surface area (Å²) in [7, 11) is 0. The second-order valence-electron chi connectivity index (χ2n) is 19.6. The van der Waals surface area contributed by atoms with Gasteiger partial charge in [-0.1, -0.05) is 263 Å². The third-order valence-corrected chi connectivity index (χ3v) is 13.2. The molecule has 0 aromatic heterocycles. The van der Waals surface area contributed by atoms with Crippen molar-refractivity contribution < 1.29 is 24.5 Å². The number of unbranched alkanes of at least 4 members (excludes halogenated alkanes) is 40. The van der Waals surface area contributed by atoms with Gasteiger partial charge in [0, 0.05) is 12.8 Å². The van der Waals surface area contributed by atoms with Gasteiger partial charge in [0.1, 0.15) is 0 Å². The fourth-order valence-corrected chi connectivity index (χ4v) is 8.81. The van der Waals surface area contributed by atoms with Crippen LogP contribution in [0, 0.1) is 0 Å². The van der Waals surface area contributed by atoms with Crippen LogP contribution in [0.2, 0.25) is 0 Å². The fraction of sp³-hybridized carbons (Fsp3) is 0.897. The summed E-state index contributed by atoms with van der Waals surface area (Å²) in [4.78, 5) is 24.4. The summed E-state index contributed by atoms with van der Waals surface area (Å²) in [5.74, 6) is -0.0653. The van der Waals surface area contributed by atoms with Crippen LogP contribution in [0.25, 0.3) is 0 Å². The largest absolute Gasteiger partial charge is 0.466 e. The molecule has 1 amide bonds. The third-order valence-electron chi connectivity index (χ3n) is 13.2. The molecule has 0 aromatic carbocycles. The smallest absolute Gasteiger partial charge is 0.305 e. The number of esters is 1. The van der Waals surface area contributed by atoms with Crippen LogP contribution in [0.4, 0.5) is 0 Å². The van der Waals surface area contributed by atoms with Crippen LogP contribution in [0.3, 0.4) is 0 Å². The molecule has 0 bridgehead atoms. The molecule has 0 heterocycles. The van der Waals surface area contributed by atoms with E-state index in [-0.39, 0.29) is 18.5 Å². The molecule has 0 aromatic rings. The SMILES string of the molecule is CCCCCCCCCCCCCC/C=C/C(O)C(CO)NC(=O)CCCCCCCCC/C=C\CCCCCCCCCCCCCOC(=O)CCCCCCCCCCCCC. The van der Waals surface area contributed by atoms with Gasteiger partial charge in [-0.2, -0.15) is 0 Å². The molecule has 0 aliphatic heterocycles. The average molecular weight is 903 g/mol. The lowest BCUT2D eigenvalue weighted by Gasteiger charge is -2.20. The number of amides is 1. The van der Waals surface area contributed by atoms with Crippen molar-refractivity contribution in [1.82, 2.24) is 5.32 Å². The van der Waals surface area contributed by atoms with Crippen LogP contribution in [0.5, 0.6) is 0 Å². The summed E-state index contributed by atoms with van der Waals surface area (Å²) in [5.41, 5.74) is 0. The van der Waals surface area contributed by atoms with Crippen molar-refractivity contribution in [1.29, 1.82) is 0 Å². The standard InChI is InChI=1S/C58H111NO5/c1-3-5-7-9-11-13-15-16-27-31-34-38-42-46-50-56(61)55(54-60)59-57(62)51-47-43-39-35-32-28-25-23-21-19-17-18-20-22-24-26-29-33-37-41-45-49-53-64-58(63)52-48-44-40-36-30-14-12-10-8-6-4-2/h19,21,46,50,55-56,60-61H,3-18,20,22-45,47-49,51-54H2,1-2H3,(H,59,62)/b21-19-,50-46+. The monoisotopic (exact) mass is 902 g/mol. The Morgan fingerprint density at radius 3 is 1.11 bits per heavy atom. The lowest BCUT2D eigenvalue weighted by atomic mass is 10.0. The zero-order valence-electron chi connectivity index (χ0n) is 43.0. The van der Waals surface area contributed by atoms with Gasteiger partial charge in [-0.15, -0.1) is 0 Å². The van der Waals surface area contributed by atoms with Gasteiger partial charge in [0.25, 0.3) is 0 Å². The molecule has 0 spiro atoms. The number of aliphatic hydroxyl groups excluding tert-OH is 2. The normalized spacial score (nSPS) is 12.8. The number of hydrogen-bond donors (Lipinski definition) is 3. The Labute approximate surface area is 399 Å². The maximum atomic E-state index is 12.4.